The summed E-state index contributed by atoms with van der Waals surface area (Å²) in [5, 5.41) is 0. The number of aryl methyl sites for hydroxylation is 1. The third-order valence-corrected chi connectivity index (χ3v) is 3.17. The molecule has 3 heteroatoms. The van der Waals surface area contributed by atoms with Gasteiger partial charge in [-0.3, -0.25) is 0 Å². The summed E-state index contributed by atoms with van der Waals surface area (Å²) in [4.78, 5) is 0. The van der Waals surface area contributed by atoms with E-state index in [1.54, 1.807) is 0 Å². The van der Waals surface area contributed by atoms with Crippen molar-refractivity contribution in [2.24, 2.45) is 5.73 Å². The lowest BCUT2D eigenvalue weighted by Gasteiger charge is -2.21. The lowest BCUT2D eigenvalue weighted by atomic mass is 10.1. The monoisotopic (exact) mass is 259 g/mol. The fraction of sp³-hybridized carbons (Fsp3) is 0.375. The van der Waals surface area contributed by atoms with Crippen molar-refractivity contribution in [2.75, 3.05) is 0 Å². The van der Waals surface area contributed by atoms with Crippen LogP contribution < -0.4 is 5.73 Å². The van der Waals surface area contributed by atoms with Crippen molar-refractivity contribution < 1.29 is 9.15 Å². The molecule has 102 valence electrons. The first-order chi connectivity index (χ1) is 9.20. The molecule has 0 aliphatic heterocycles. The van der Waals surface area contributed by atoms with Gasteiger partial charge in [0.25, 0.3) is 0 Å². The number of hydrogen-bond acceptors (Lipinski definition) is 3. The molecular weight excluding hydrogens is 238 g/mol. The zero-order valence-electron chi connectivity index (χ0n) is 11.5. The molecule has 0 aliphatic rings. The van der Waals surface area contributed by atoms with Gasteiger partial charge in [0.1, 0.15) is 17.6 Å². The smallest absolute Gasteiger partial charge is 0.134 e. The Morgan fingerprint density at radius 1 is 1.16 bits per heavy atom. The van der Waals surface area contributed by atoms with Gasteiger partial charge in [-0.15, -0.1) is 0 Å². The van der Waals surface area contributed by atoms with E-state index in [-0.39, 0.29) is 12.1 Å². The highest BCUT2D eigenvalue weighted by Crippen LogP contribution is 2.25. The van der Waals surface area contributed by atoms with Gasteiger partial charge in [-0.1, -0.05) is 37.3 Å². The molecule has 0 aliphatic carbocycles. The number of benzene rings is 1. The van der Waals surface area contributed by atoms with Crippen LogP contribution in [0.3, 0.4) is 0 Å². The van der Waals surface area contributed by atoms with E-state index in [0.717, 1.165) is 23.5 Å². The van der Waals surface area contributed by atoms with Gasteiger partial charge in [0.2, 0.25) is 0 Å². The second kappa shape index (κ2) is 6.55. The molecule has 0 saturated carbocycles. The van der Waals surface area contributed by atoms with E-state index in [1.165, 1.54) is 0 Å². The average molecular weight is 259 g/mol. The minimum atomic E-state index is -0.195. The van der Waals surface area contributed by atoms with Crippen LogP contribution in [0.4, 0.5) is 0 Å². The van der Waals surface area contributed by atoms with E-state index in [9.17, 15) is 0 Å². The van der Waals surface area contributed by atoms with Crippen LogP contribution in [0.15, 0.2) is 46.9 Å². The maximum absolute atomic E-state index is 6.14. The van der Waals surface area contributed by atoms with Gasteiger partial charge >= 0.3 is 0 Å². The first-order valence-corrected chi connectivity index (χ1v) is 6.68. The Morgan fingerprint density at radius 3 is 2.47 bits per heavy atom. The third-order valence-electron chi connectivity index (χ3n) is 3.17. The zero-order chi connectivity index (χ0) is 13.7. The highest BCUT2D eigenvalue weighted by Gasteiger charge is 2.22. The fourth-order valence-corrected chi connectivity index (χ4v) is 2.00. The molecule has 2 unspecified atom stereocenters. The van der Waals surface area contributed by atoms with Crippen LogP contribution in [0.5, 0.6) is 0 Å². The summed E-state index contributed by atoms with van der Waals surface area (Å²) in [6.07, 6.45) is 0.651. The predicted octanol–water partition coefficient (Wildman–Crippen LogP) is 3.58. The summed E-state index contributed by atoms with van der Waals surface area (Å²) < 4.78 is 11.6. The van der Waals surface area contributed by atoms with Crippen molar-refractivity contribution in [3.63, 3.8) is 0 Å². The lowest BCUT2D eigenvalue weighted by Crippen LogP contribution is -2.29. The van der Waals surface area contributed by atoms with Crippen LogP contribution in [0, 0.1) is 6.92 Å². The van der Waals surface area contributed by atoms with E-state index in [2.05, 4.69) is 6.92 Å². The molecule has 2 rings (SSSR count). The number of rotatable bonds is 6. The van der Waals surface area contributed by atoms with Gasteiger partial charge in [0, 0.05) is 6.04 Å². The van der Waals surface area contributed by atoms with Gasteiger partial charge < -0.3 is 14.9 Å². The molecule has 2 aromatic rings. The Kier molecular flexibility index (Phi) is 4.77. The number of nitrogens with two attached hydrogens (primary N) is 1. The van der Waals surface area contributed by atoms with Crippen LogP contribution in [-0.4, -0.2) is 6.04 Å². The van der Waals surface area contributed by atoms with Crippen LogP contribution in [-0.2, 0) is 11.3 Å². The molecule has 1 heterocycles. The Balaban J connectivity index is 2.06. The minimum absolute atomic E-state index is 0.0609. The summed E-state index contributed by atoms with van der Waals surface area (Å²) >= 11 is 0. The SMILES string of the molecule is CCC(N)C(OCc1ccccc1)c1ccc(C)o1. The number of hydrogen-bond donors (Lipinski definition) is 1. The van der Waals surface area contributed by atoms with Crippen LogP contribution in [0.1, 0.15) is 36.5 Å². The highest BCUT2D eigenvalue weighted by molar-refractivity contribution is 5.14. The molecule has 1 aromatic heterocycles. The summed E-state index contributed by atoms with van der Waals surface area (Å²) in [5.41, 5.74) is 7.28. The molecule has 0 amide bonds. The quantitative estimate of drug-likeness (QED) is 0.862. The first-order valence-electron chi connectivity index (χ1n) is 6.68. The Bertz CT molecular complexity index is 492. The fourth-order valence-electron chi connectivity index (χ4n) is 2.00. The third kappa shape index (κ3) is 3.69. The standard InChI is InChI=1S/C16H21NO2/c1-3-14(17)16(15-10-9-12(2)19-15)18-11-13-7-5-4-6-8-13/h4-10,14,16H,3,11,17H2,1-2H3. The van der Waals surface area contributed by atoms with Gasteiger partial charge in [-0.2, -0.15) is 0 Å². The first kappa shape index (κ1) is 13.8. The molecule has 2 atom stereocenters. The molecule has 0 fully saturated rings. The van der Waals surface area contributed by atoms with E-state index >= 15 is 0 Å². The van der Waals surface area contributed by atoms with Gasteiger partial charge in [0.05, 0.1) is 6.61 Å². The average Bonchev–Trinajstić information content (AvgIpc) is 2.86. The van der Waals surface area contributed by atoms with Crippen molar-refractivity contribution in [2.45, 2.75) is 39.0 Å². The van der Waals surface area contributed by atoms with Crippen molar-refractivity contribution in [1.29, 1.82) is 0 Å². The predicted molar refractivity (Wildman–Crippen MR) is 75.7 cm³/mol. The summed E-state index contributed by atoms with van der Waals surface area (Å²) in [6.45, 7) is 4.52. The maximum atomic E-state index is 6.14. The van der Waals surface area contributed by atoms with E-state index in [4.69, 9.17) is 14.9 Å². The highest BCUT2D eigenvalue weighted by atomic mass is 16.5. The van der Waals surface area contributed by atoms with E-state index in [0.29, 0.717) is 6.61 Å². The lowest BCUT2D eigenvalue weighted by molar-refractivity contribution is 0.00704. The molecule has 3 nitrogen and oxygen atoms in total. The molecule has 19 heavy (non-hydrogen) atoms. The van der Waals surface area contributed by atoms with Gasteiger partial charge in [-0.25, -0.2) is 0 Å². The van der Waals surface area contributed by atoms with Gasteiger partial charge in [-0.05, 0) is 31.0 Å². The van der Waals surface area contributed by atoms with Gasteiger partial charge in [0.15, 0.2) is 0 Å². The van der Waals surface area contributed by atoms with Crippen molar-refractivity contribution in [3.8, 4) is 0 Å². The molecule has 1 aromatic carbocycles. The van der Waals surface area contributed by atoms with E-state index in [1.807, 2.05) is 49.4 Å². The molecule has 0 radical (unpaired) electrons. The van der Waals surface area contributed by atoms with Crippen LogP contribution in [0.2, 0.25) is 0 Å². The molecule has 0 saturated heterocycles. The van der Waals surface area contributed by atoms with E-state index < -0.39 is 0 Å². The van der Waals surface area contributed by atoms with Crippen molar-refractivity contribution in [1.82, 2.24) is 0 Å². The van der Waals surface area contributed by atoms with Crippen LogP contribution >= 0.6 is 0 Å². The van der Waals surface area contributed by atoms with Crippen LogP contribution in [0.25, 0.3) is 0 Å². The second-order valence-corrected chi connectivity index (χ2v) is 4.74. The summed E-state index contributed by atoms with van der Waals surface area (Å²) in [6, 6.07) is 13.9. The van der Waals surface area contributed by atoms with Crippen molar-refractivity contribution in [3.05, 3.63) is 59.5 Å². The van der Waals surface area contributed by atoms with Crippen molar-refractivity contribution >= 4 is 0 Å². The number of ether oxygens (including phenoxy) is 1. The topological polar surface area (TPSA) is 48.4 Å². The molecule has 2 N–H and O–H groups in total. The largest absolute Gasteiger partial charge is 0.464 e. The molecular formula is C16H21NO2. The number of furan rings is 1. The normalized spacial score (nSPS) is 14.3. The maximum Gasteiger partial charge on any atom is 0.134 e. The second-order valence-electron chi connectivity index (χ2n) is 4.74. The summed E-state index contributed by atoms with van der Waals surface area (Å²) in [7, 11) is 0. The Labute approximate surface area is 114 Å². The summed E-state index contributed by atoms with van der Waals surface area (Å²) in [5.74, 6) is 1.69. The molecule has 0 bridgehead atoms. The Hall–Kier alpha value is -1.58. The molecule has 0 spiro atoms. The Morgan fingerprint density at radius 2 is 1.89 bits per heavy atom. The zero-order valence-corrected chi connectivity index (χ0v) is 11.5. The minimum Gasteiger partial charge on any atom is -0.464 e.